The summed E-state index contributed by atoms with van der Waals surface area (Å²) in [6.07, 6.45) is 1.78. The molecule has 1 unspecified atom stereocenters. The molecule has 0 aromatic heterocycles. The molecule has 0 saturated heterocycles. The van der Waals surface area contributed by atoms with Gasteiger partial charge in [-0.25, -0.2) is 9.59 Å². The largest absolute Gasteiger partial charge is 0.466 e. The van der Waals surface area contributed by atoms with Crippen LogP contribution in [0.1, 0.15) is 31.4 Å². The van der Waals surface area contributed by atoms with Crippen LogP contribution in [0.25, 0.3) is 0 Å². The van der Waals surface area contributed by atoms with Crippen LogP contribution >= 0.6 is 0 Å². The van der Waals surface area contributed by atoms with E-state index in [4.69, 9.17) is 4.74 Å². The van der Waals surface area contributed by atoms with E-state index < -0.39 is 18.6 Å². The van der Waals surface area contributed by atoms with Gasteiger partial charge in [0.2, 0.25) is 0 Å². The highest BCUT2D eigenvalue weighted by molar-refractivity contribution is 5.95. The zero-order chi connectivity index (χ0) is 18.1. The van der Waals surface area contributed by atoms with Crippen molar-refractivity contribution in [2.24, 2.45) is 0 Å². The first-order valence-electron chi connectivity index (χ1n) is 7.86. The Balaban J connectivity index is 1.95. The molecule has 1 atom stereocenters. The molecule has 1 aliphatic heterocycles. The highest BCUT2D eigenvalue weighted by Gasteiger charge is 2.42. The van der Waals surface area contributed by atoms with E-state index in [1.807, 2.05) is 0 Å². The number of methoxy groups -OCH3 is 1. The average molecular weight is 352 g/mol. The normalized spacial score (nSPS) is 20.6. The van der Waals surface area contributed by atoms with E-state index in [9.17, 15) is 18.4 Å². The molecule has 2 amide bonds. The highest BCUT2D eigenvalue weighted by atomic mass is 19.3. The van der Waals surface area contributed by atoms with Crippen molar-refractivity contribution >= 4 is 12.0 Å². The van der Waals surface area contributed by atoms with Crippen LogP contribution in [0.5, 0.6) is 5.75 Å². The van der Waals surface area contributed by atoms with Gasteiger partial charge < -0.3 is 14.8 Å². The molecular weight excluding hydrogens is 334 g/mol. The fourth-order valence-corrected chi connectivity index (χ4v) is 3.00. The zero-order valence-electron chi connectivity index (χ0n) is 13.8. The fourth-order valence-electron chi connectivity index (χ4n) is 3.00. The summed E-state index contributed by atoms with van der Waals surface area (Å²) in [4.78, 5) is 26.3. The number of urea groups is 1. The molecule has 25 heavy (non-hydrogen) atoms. The molecule has 1 aliphatic carbocycles. The first-order chi connectivity index (χ1) is 11.9. The summed E-state index contributed by atoms with van der Waals surface area (Å²) in [6, 6.07) is 4.90. The van der Waals surface area contributed by atoms with E-state index in [0.29, 0.717) is 16.8 Å². The standard InChI is InChI=1S/C17H18F2N2O4/c1-9-13(15(22)24-2)14(20-17(23)21(9)11-5-6-11)10-3-7-12(8-4-10)25-16(18)19/h3-4,7-8,11,14,16H,5-6H2,1-2H3,(H,20,23). The van der Waals surface area contributed by atoms with E-state index in [-0.39, 0.29) is 17.8 Å². The summed E-state index contributed by atoms with van der Waals surface area (Å²) in [6.45, 7) is -1.20. The highest BCUT2D eigenvalue weighted by Crippen LogP contribution is 2.38. The molecular formula is C17H18F2N2O4. The van der Waals surface area contributed by atoms with Gasteiger partial charge in [-0.3, -0.25) is 4.90 Å². The Kier molecular flexibility index (Phi) is 4.61. The van der Waals surface area contributed by atoms with Crippen LogP contribution in [0, 0.1) is 0 Å². The SMILES string of the molecule is COC(=O)C1=C(C)N(C2CC2)C(=O)NC1c1ccc(OC(F)F)cc1. The second kappa shape index (κ2) is 6.70. The van der Waals surface area contributed by atoms with Gasteiger partial charge in [-0.15, -0.1) is 0 Å². The molecule has 1 aromatic rings. The maximum atomic E-state index is 12.4. The van der Waals surface area contributed by atoms with Crippen molar-refractivity contribution in [2.75, 3.05) is 7.11 Å². The predicted octanol–water partition coefficient (Wildman–Crippen LogP) is 2.96. The quantitative estimate of drug-likeness (QED) is 0.828. The third kappa shape index (κ3) is 3.42. The molecule has 1 aromatic carbocycles. The lowest BCUT2D eigenvalue weighted by molar-refractivity contribution is -0.136. The Bertz CT molecular complexity index is 714. The van der Waals surface area contributed by atoms with Gasteiger partial charge in [0.05, 0.1) is 18.7 Å². The number of carbonyl (C=O) groups excluding carboxylic acids is 2. The minimum atomic E-state index is -2.92. The molecule has 0 radical (unpaired) electrons. The fraction of sp³-hybridized carbons (Fsp3) is 0.412. The number of nitrogens with zero attached hydrogens (tertiary/aromatic N) is 1. The maximum absolute atomic E-state index is 12.4. The maximum Gasteiger partial charge on any atom is 0.387 e. The lowest BCUT2D eigenvalue weighted by atomic mass is 9.94. The zero-order valence-corrected chi connectivity index (χ0v) is 13.8. The molecule has 1 fully saturated rings. The van der Waals surface area contributed by atoms with Crippen LogP contribution in [0.3, 0.4) is 0 Å². The third-order valence-electron chi connectivity index (χ3n) is 4.28. The molecule has 1 heterocycles. The first-order valence-corrected chi connectivity index (χ1v) is 7.86. The van der Waals surface area contributed by atoms with Crippen LogP contribution in [0.4, 0.5) is 13.6 Å². The molecule has 0 spiro atoms. The van der Waals surface area contributed by atoms with Gasteiger partial charge in [-0.1, -0.05) is 12.1 Å². The van der Waals surface area contributed by atoms with Crippen LogP contribution in [0.2, 0.25) is 0 Å². The summed E-state index contributed by atoms with van der Waals surface area (Å²) in [5, 5.41) is 2.80. The minimum absolute atomic E-state index is 0.000752. The first kappa shape index (κ1) is 17.2. The average Bonchev–Trinajstić information content (AvgIpc) is 3.38. The predicted molar refractivity (Wildman–Crippen MR) is 83.9 cm³/mol. The third-order valence-corrected chi connectivity index (χ3v) is 4.28. The van der Waals surface area contributed by atoms with Crippen LogP contribution in [0.15, 0.2) is 35.5 Å². The van der Waals surface area contributed by atoms with Crippen molar-refractivity contribution in [1.29, 1.82) is 0 Å². The summed E-state index contributed by atoms with van der Waals surface area (Å²) >= 11 is 0. The van der Waals surface area contributed by atoms with Gasteiger partial charge in [-0.2, -0.15) is 8.78 Å². The Labute approximate surface area is 143 Å². The molecule has 6 nitrogen and oxygen atoms in total. The van der Waals surface area contributed by atoms with Crippen LogP contribution in [-0.4, -0.2) is 36.7 Å². The second-order valence-electron chi connectivity index (χ2n) is 5.92. The van der Waals surface area contributed by atoms with Crippen molar-refractivity contribution in [2.45, 2.75) is 38.5 Å². The summed E-state index contributed by atoms with van der Waals surface area (Å²) < 4.78 is 33.7. The number of ether oxygens (including phenoxy) is 2. The number of benzene rings is 1. The number of hydrogen-bond acceptors (Lipinski definition) is 4. The van der Waals surface area contributed by atoms with Gasteiger partial charge >= 0.3 is 18.6 Å². The molecule has 2 aliphatic rings. The van der Waals surface area contributed by atoms with Crippen LogP contribution < -0.4 is 10.1 Å². The van der Waals surface area contributed by atoms with Crippen molar-refractivity contribution < 1.29 is 27.8 Å². The number of halogens is 2. The molecule has 1 saturated carbocycles. The Hall–Kier alpha value is -2.64. The number of esters is 1. The van der Waals surface area contributed by atoms with Crippen molar-refractivity contribution in [3.05, 3.63) is 41.1 Å². The van der Waals surface area contributed by atoms with Crippen molar-refractivity contribution in [3.63, 3.8) is 0 Å². The summed E-state index contributed by atoms with van der Waals surface area (Å²) in [5.41, 5.74) is 1.46. The minimum Gasteiger partial charge on any atom is -0.466 e. The topological polar surface area (TPSA) is 67.9 Å². The van der Waals surface area contributed by atoms with E-state index in [2.05, 4.69) is 10.1 Å². The summed E-state index contributed by atoms with van der Waals surface area (Å²) in [5.74, 6) is -0.540. The number of amides is 2. The Morgan fingerprint density at radius 2 is 1.92 bits per heavy atom. The molecule has 1 N–H and O–H groups in total. The monoisotopic (exact) mass is 352 g/mol. The number of alkyl halides is 2. The van der Waals surface area contributed by atoms with E-state index in [1.165, 1.54) is 31.4 Å². The van der Waals surface area contributed by atoms with Crippen molar-refractivity contribution in [3.8, 4) is 5.75 Å². The summed E-state index contributed by atoms with van der Waals surface area (Å²) in [7, 11) is 1.27. The Morgan fingerprint density at radius 1 is 1.28 bits per heavy atom. The molecule has 8 heteroatoms. The van der Waals surface area contributed by atoms with Gasteiger partial charge in [0, 0.05) is 11.7 Å². The number of carbonyl (C=O) groups is 2. The number of hydrogen-bond donors (Lipinski definition) is 1. The van der Waals surface area contributed by atoms with Crippen LogP contribution in [-0.2, 0) is 9.53 Å². The number of rotatable bonds is 5. The van der Waals surface area contributed by atoms with E-state index in [0.717, 1.165) is 12.8 Å². The molecule has 0 bridgehead atoms. The molecule has 134 valence electrons. The second-order valence-corrected chi connectivity index (χ2v) is 5.92. The van der Waals surface area contributed by atoms with Crippen molar-refractivity contribution in [1.82, 2.24) is 10.2 Å². The van der Waals surface area contributed by atoms with Gasteiger partial charge in [0.1, 0.15) is 5.75 Å². The smallest absolute Gasteiger partial charge is 0.387 e. The van der Waals surface area contributed by atoms with E-state index in [1.54, 1.807) is 11.8 Å². The van der Waals surface area contributed by atoms with E-state index >= 15 is 0 Å². The van der Waals surface area contributed by atoms with Gasteiger partial charge in [-0.05, 0) is 37.5 Å². The lowest BCUT2D eigenvalue weighted by Crippen LogP contribution is -2.48. The number of allylic oxidation sites excluding steroid dienone is 1. The number of nitrogens with one attached hydrogen (secondary N) is 1. The lowest BCUT2D eigenvalue weighted by Gasteiger charge is -2.35. The molecule has 3 rings (SSSR count). The van der Waals surface area contributed by atoms with Gasteiger partial charge in [0.25, 0.3) is 0 Å². The van der Waals surface area contributed by atoms with Gasteiger partial charge in [0.15, 0.2) is 0 Å². The Morgan fingerprint density at radius 3 is 2.44 bits per heavy atom.